The number of benzene rings is 1. The van der Waals surface area contributed by atoms with E-state index in [4.69, 9.17) is 10.2 Å². The van der Waals surface area contributed by atoms with Crippen LogP contribution in [0.2, 0.25) is 0 Å². The zero-order valence-corrected chi connectivity index (χ0v) is 9.78. The molecule has 2 fully saturated rings. The van der Waals surface area contributed by atoms with Gasteiger partial charge in [0, 0.05) is 11.5 Å². The highest BCUT2D eigenvalue weighted by Gasteiger charge is 2.35. The molecule has 2 N–H and O–H groups in total. The van der Waals surface area contributed by atoms with Crippen molar-refractivity contribution in [3.05, 3.63) is 29.7 Å². The van der Waals surface area contributed by atoms with Gasteiger partial charge in [-0.25, -0.2) is 4.98 Å². The molecule has 17 heavy (non-hydrogen) atoms. The minimum absolute atomic E-state index is 0.104. The summed E-state index contributed by atoms with van der Waals surface area (Å²) in [6.07, 6.45) is 5.86. The lowest BCUT2D eigenvalue weighted by molar-refractivity contribution is 0.254. The second-order valence-corrected chi connectivity index (χ2v) is 5.52. The fourth-order valence-corrected chi connectivity index (χ4v) is 2.61. The standard InChI is InChI=1S/C14H16N2O/c15-14(6-1-7-14)10-4-5-12-11(8-10)16-13(17-12)9-2-3-9/h4-5,8-9H,1-3,6-7,15H2. The summed E-state index contributed by atoms with van der Waals surface area (Å²) in [5, 5.41) is 0. The molecule has 2 aromatic rings. The van der Waals surface area contributed by atoms with E-state index in [0.717, 1.165) is 29.8 Å². The van der Waals surface area contributed by atoms with Crippen LogP contribution in [0.15, 0.2) is 22.6 Å². The number of nitrogens with zero attached hydrogens (tertiary/aromatic N) is 1. The fraction of sp³-hybridized carbons (Fsp3) is 0.500. The highest BCUT2D eigenvalue weighted by molar-refractivity contribution is 5.74. The van der Waals surface area contributed by atoms with Crippen molar-refractivity contribution in [1.29, 1.82) is 0 Å². The lowest BCUT2D eigenvalue weighted by Gasteiger charge is -2.38. The van der Waals surface area contributed by atoms with Crippen molar-refractivity contribution in [1.82, 2.24) is 4.98 Å². The molecule has 3 heteroatoms. The summed E-state index contributed by atoms with van der Waals surface area (Å²) in [6, 6.07) is 6.24. The summed E-state index contributed by atoms with van der Waals surface area (Å²) < 4.78 is 5.76. The highest BCUT2D eigenvalue weighted by Crippen LogP contribution is 2.42. The van der Waals surface area contributed by atoms with E-state index < -0.39 is 0 Å². The molecule has 0 aliphatic heterocycles. The lowest BCUT2D eigenvalue weighted by atomic mass is 9.73. The number of oxazole rings is 1. The summed E-state index contributed by atoms with van der Waals surface area (Å²) >= 11 is 0. The van der Waals surface area contributed by atoms with Crippen LogP contribution in [-0.2, 0) is 5.54 Å². The van der Waals surface area contributed by atoms with Crippen molar-refractivity contribution in [3.63, 3.8) is 0 Å². The van der Waals surface area contributed by atoms with Crippen LogP contribution in [0.4, 0.5) is 0 Å². The van der Waals surface area contributed by atoms with Crippen LogP contribution in [-0.4, -0.2) is 4.98 Å². The molecule has 0 bridgehead atoms. The Balaban J connectivity index is 1.80. The molecule has 0 atom stereocenters. The Morgan fingerprint density at radius 1 is 1.29 bits per heavy atom. The molecule has 4 rings (SSSR count). The molecule has 2 aliphatic rings. The van der Waals surface area contributed by atoms with Crippen LogP contribution >= 0.6 is 0 Å². The van der Waals surface area contributed by atoms with Crippen LogP contribution < -0.4 is 5.73 Å². The van der Waals surface area contributed by atoms with Gasteiger partial charge in [-0.2, -0.15) is 0 Å². The minimum atomic E-state index is -0.104. The second-order valence-electron chi connectivity index (χ2n) is 5.52. The van der Waals surface area contributed by atoms with E-state index in [2.05, 4.69) is 17.1 Å². The van der Waals surface area contributed by atoms with Gasteiger partial charge in [-0.05, 0) is 49.8 Å². The van der Waals surface area contributed by atoms with Crippen molar-refractivity contribution < 1.29 is 4.42 Å². The van der Waals surface area contributed by atoms with E-state index in [1.54, 1.807) is 0 Å². The Morgan fingerprint density at radius 2 is 2.12 bits per heavy atom. The van der Waals surface area contributed by atoms with E-state index >= 15 is 0 Å². The van der Waals surface area contributed by atoms with Gasteiger partial charge in [0.2, 0.25) is 0 Å². The van der Waals surface area contributed by atoms with Gasteiger partial charge < -0.3 is 10.2 Å². The number of rotatable bonds is 2. The second kappa shape index (κ2) is 3.10. The average molecular weight is 228 g/mol. The van der Waals surface area contributed by atoms with E-state index in [0.29, 0.717) is 5.92 Å². The third kappa shape index (κ3) is 1.42. The van der Waals surface area contributed by atoms with E-state index in [9.17, 15) is 0 Å². The van der Waals surface area contributed by atoms with Gasteiger partial charge in [0.15, 0.2) is 11.5 Å². The van der Waals surface area contributed by atoms with Crippen LogP contribution in [0.3, 0.4) is 0 Å². The van der Waals surface area contributed by atoms with Gasteiger partial charge in [-0.15, -0.1) is 0 Å². The van der Waals surface area contributed by atoms with E-state index in [1.165, 1.54) is 24.8 Å². The maximum atomic E-state index is 6.34. The molecule has 88 valence electrons. The largest absolute Gasteiger partial charge is 0.440 e. The third-order valence-electron chi connectivity index (χ3n) is 4.15. The predicted octanol–water partition coefficient (Wildman–Crippen LogP) is 3.04. The van der Waals surface area contributed by atoms with E-state index in [-0.39, 0.29) is 5.54 Å². The molecule has 0 amide bonds. The van der Waals surface area contributed by atoms with Crippen molar-refractivity contribution >= 4 is 11.1 Å². The molecule has 2 saturated carbocycles. The monoisotopic (exact) mass is 228 g/mol. The first kappa shape index (κ1) is 9.66. The van der Waals surface area contributed by atoms with Gasteiger partial charge in [-0.3, -0.25) is 0 Å². The fourth-order valence-electron chi connectivity index (χ4n) is 2.61. The van der Waals surface area contributed by atoms with Gasteiger partial charge in [0.25, 0.3) is 0 Å². The first-order valence-electron chi connectivity index (χ1n) is 6.44. The Morgan fingerprint density at radius 3 is 2.76 bits per heavy atom. The highest BCUT2D eigenvalue weighted by atomic mass is 16.3. The Hall–Kier alpha value is -1.35. The maximum absolute atomic E-state index is 6.34. The number of aromatic nitrogens is 1. The van der Waals surface area contributed by atoms with Gasteiger partial charge in [0.1, 0.15) is 5.52 Å². The Kier molecular flexibility index (Phi) is 1.76. The topological polar surface area (TPSA) is 52.0 Å². The molecule has 0 unspecified atom stereocenters. The van der Waals surface area contributed by atoms with Crippen molar-refractivity contribution in [2.45, 2.75) is 43.6 Å². The first-order valence-corrected chi connectivity index (χ1v) is 6.44. The normalized spacial score (nSPS) is 22.6. The Labute approximate surface area is 100 Å². The Bertz CT molecular complexity index is 579. The first-order chi connectivity index (χ1) is 8.24. The molecular formula is C14H16N2O. The molecule has 1 aromatic carbocycles. The molecule has 0 radical (unpaired) electrons. The number of hydrogen-bond donors (Lipinski definition) is 1. The zero-order chi connectivity index (χ0) is 11.5. The van der Waals surface area contributed by atoms with Crippen LogP contribution in [0, 0.1) is 0 Å². The molecule has 1 aromatic heterocycles. The van der Waals surface area contributed by atoms with Gasteiger partial charge >= 0.3 is 0 Å². The molecular weight excluding hydrogens is 212 g/mol. The zero-order valence-electron chi connectivity index (χ0n) is 9.78. The number of hydrogen-bond acceptors (Lipinski definition) is 3. The summed E-state index contributed by atoms with van der Waals surface area (Å²) in [7, 11) is 0. The minimum Gasteiger partial charge on any atom is -0.440 e. The lowest BCUT2D eigenvalue weighted by Crippen LogP contribution is -2.43. The summed E-state index contributed by atoms with van der Waals surface area (Å²) in [4.78, 5) is 4.59. The molecule has 3 nitrogen and oxygen atoms in total. The number of fused-ring (bicyclic) bond motifs is 1. The smallest absolute Gasteiger partial charge is 0.198 e. The van der Waals surface area contributed by atoms with Gasteiger partial charge in [0.05, 0.1) is 0 Å². The number of nitrogens with two attached hydrogens (primary N) is 1. The third-order valence-corrected chi connectivity index (χ3v) is 4.15. The van der Waals surface area contributed by atoms with Gasteiger partial charge in [-0.1, -0.05) is 6.07 Å². The average Bonchev–Trinajstić information content (AvgIpc) is 3.05. The summed E-state index contributed by atoms with van der Waals surface area (Å²) in [6.45, 7) is 0. The van der Waals surface area contributed by atoms with Crippen LogP contribution in [0.1, 0.15) is 49.5 Å². The van der Waals surface area contributed by atoms with Crippen molar-refractivity contribution in [2.24, 2.45) is 5.73 Å². The summed E-state index contributed by atoms with van der Waals surface area (Å²) in [5.41, 5.74) is 9.32. The van der Waals surface area contributed by atoms with Crippen molar-refractivity contribution in [3.8, 4) is 0 Å². The molecule has 0 spiro atoms. The van der Waals surface area contributed by atoms with Crippen LogP contribution in [0.5, 0.6) is 0 Å². The maximum Gasteiger partial charge on any atom is 0.198 e. The van der Waals surface area contributed by atoms with Crippen LogP contribution in [0.25, 0.3) is 11.1 Å². The quantitative estimate of drug-likeness (QED) is 0.859. The predicted molar refractivity (Wildman–Crippen MR) is 65.7 cm³/mol. The summed E-state index contributed by atoms with van der Waals surface area (Å²) in [5.74, 6) is 1.48. The molecule has 1 heterocycles. The molecule has 0 saturated heterocycles. The van der Waals surface area contributed by atoms with Crippen molar-refractivity contribution in [2.75, 3.05) is 0 Å². The van der Waals surface area contributed by atoms with E-state index in [1.807, 2.05) is 6.07 Å². The molecule has 2 aliphatic carbocycles. The SMILES string of the molecule is NC1(c2ccc3oc(C4CC4)nc3c2)CCC1.